The van der Waals surface area contributed by atoms with Gasteiger partial charge >= 0.3 is 5.97 Å². The number of hydrogen-bond acceptors (Lipinski definition) is 3. The molecule has 2 aromatic carbocycles. The Kier molecular flexibility index (Phi) is 4.60. The molecule has 0 spiro atoms. The summed E-state index contributed by atoms with van der Waals surface area (Å²) in [5.41, 5.74) is 0.701. The Morgan fingerprint density at radius 1 is 1.17 bits per heavy atom. The summed E-state index contributed by atoms with van der Waals surface area (Å²) < 4.78 is 5.11. The van der Waals surface area contributed by atoms with Gasteiger partial charge < -0.3 is 9.64 Å². The van der Waals surface area contributed by atoms with Gasteiger partial charge in [0.15, 0.2) is 0 Å². The molecule has 1 aliphatic rings. The monoisotopic (exact) mass is 311 g/mol. The van der Waals surface area contributed by atoms with Crippen molar-refractivity contribution in [2.45, 2.75) is 19.8 Å². The van der Waals surface area contributed by atoms with Crippen LogP contribution in [0.4, 0.5) is 0 Å². The quantitative estimate of drug-likeness (QED) is 0.817. The Bertz CT molecular complexity index is 720. The third-order valence-electron chi connectivity index (χ3n) is 4.35. The lowest BCUT2D eigenvalue weighted by Crippen LogP contribution is -2.42. The number of ether oxygens (including phenoxy) is 1. The van der Waals surface area contributed by atoms with Crippen molar-refractivity contribution in [3.05, 3.63) is 48.0 Å². The Labute approximate surface area is 136 Å². The Morgan fingerprint density at radius 3 is 2.78 bits per heavy atom. The Morgan fingerprint density at radius 2 is 1.96 bits per heavy atom. The van der Waals surface area contributed by atoms with Crippen LogP contribution < -0.4 is 0 Å². The predicted molar refractivity (Wildman–Crippen MR) is 89.2 cm³/mol. The zero-order valence-corrected chi connectivity index (χ0v) is 13.3. The molecule has 0 aliphatic carbocycles. The Balaban J connectivity index is 1.83. The van der Waals surface area contributed by atoms with E-state index >= 15 is 0 Å². The number of hydrogen-bond donors (Lipinski definition) is 0. The standard InChI is InChI=1S/C19H21NO3/c1-2-23-19(22)15-9-6-12-20(13-15)18(21)17-11-5-8-14-7-3-4-10-16(14)17/h3-5,7-8,10-11,15H,2,6,9,12-13H2,1H3/t15-/m0/s1. The smallest absolute Gasteiger partial charge is 0.310 e. The van der Waals surface area contributed by atoms with Crippen LogP contribution in [0, 0.1) is 5.92 Å². The normalized spacial score (nSPS) is 18.0. The Hall–Kier alpha value is -2.36. The number of carbonyl (C=O) groups excluding carboxylic acids is 2. The topological polar surface area (TPSA) is 46.6 Å². The van der Waals surface area contributed by atoms with E-state index in [0.29, 0.717) is 25.3 Å². The van der Waals surface area contributed by atoms with Crippen molar-refractivity contribution in [2.24, 2.45) is 5.92 Å². The molecule has 4 heteroatoms. The van der Waals surface area contributed by atoms with Crippen molar-refractivity contribution in [3.8, 4) is 0 Å². The molecule has 23 heavy (non-hydrogen) atoms. The lowest BCUT2D eigenvalue weighted by Gasteiger charge is -2.31. The maximum Gasteiger partial charge on any atom is 0.310 e. The summed E-state index contributed by atoms with van der Waals surface area (Å²) in [5, 5.41) is 2.01. The van der Waals surface area contributed by atoms with Crippen LogP contribution in [0.1, 0.15) is 30.1 Å². The van der Waals surface area contributed by atoms with Crippen molar-refractivity contribution in [3.63, 3.8) is 0 Å². The van der Waals surface area contributed by atoms with Crippen molar-refractivity contribution in [2.75, 3.05) is 19.7 Å². The SMILES string of the molecule is CCOC(=O)[C@H]1CCCN(C(=O)c2cccc3ccccc23)C1. The summed E-state index contributed by atoms with van der Waals surface area (Å²) in [6.07, 6.45) is 1.62. The average Bonchev–Trinajstić information content (AvgIpc) is 2.61. The second kappa shape index (κ2) is 6.82. The fourth-order valence-corrected chi connectivity index (χ4v) is 3.20. The van der Waals surface area contributed by atoms with E-state index in [2.05, 4.69) is 0 Å². The van der Waals surface area contributed by atoms with Gasteiger partial charge in [0.1, 0.15) is 0 Å². The maximum atomic E-state index is 12.9. The minimum Gasteiger partial charge on any atom is -0.466 e. The van der Waals surface area contributed by atoms with Crippen LogP contribution in [0.3, 0.4) is 0 Å². The molecule has 0 saturated carbocycles. The number of nitrogens with zero attached hydrogens (tertiary/aromatic N) is 1. The molecule has 1 saturated heterocycles. The number of amides is 1. The highest BCUT2D eigenvalue weighted by atomic mass is 16.5. The molecule has 1 atom stereocenters. The third-order valence-corrected chi connectivity index (χ3v) is 4.35. The van der Waals surface area contributed by atoms with Crippen LogP contribution in [-0.2, 0) is 9.53 Å². The highest BCUT2D eigenvalue weighted by Gasteiger charge is 2.30. The fourth-order valence-electron chi connectivity index (χ4n) is 3.20. The number of fused-ring (bicyclic) bond motifs is 1. The van der Waals surface area contributed by atoms with E-state index in [1.165, 1.54) is 0 Å². The van der Waals surface area contributed by atoms with E-state index in [4.69, 9.17) is 4.74 Å². The maximum absolute atomic E-state index is 12.9. The summed E-state index contributed by atoms with van der Waals surface area (Å²) in [5.74, 6) is -0.402. The highest BCUT2D eigenvalue weighted by Crippen LogP contribution is 2.24. The second-order valence-electron chi connectivity index (χ2n) is 5.87. The first kappa shape index (κ1) is 15.5. The lowest BCUT2D eigenvalue weighted by molar-refractivity contribution is -0.149. The molecule has 1 fully saturated rings. The molecular weight excluding hydrogens is 290 g/mol. The van der Waals surface area contributed by atoms with E-state index in [9.17, 15) is 9.59 Å². The van der Waals surface area contributed by atoms with Crippen LogP contribution >= 0.6 is 0 Å². The average molecular weight is 311 g/mol. The number of esters is 1. The molecule has 2 aromatic rings. The van der Waals surface area contributed by atoms with Gasteiger partial charge in [0.05, 0.1) is 12.5 Å². The molecule has 0 radical (unpaired) electrons. The number of rotatable bonds is 3. The van der Waals surface area contributed by atoms with Gasteiger partial charge in [-0.05, 0) is 36.6 Å². The lowest BCUT2D eigenvalue weighted by atomic mass is 9.96. The van der Waals surface area contributed by atoms with Gasteiger partial charge in [0.2, 0.25) is 0 Å². The summed E-state index contributed by atoms with van der Waals surface area (Å²) in [6.45, 7) is 3.32. The number of piperidine rings is 1. The van der Waals surface area contributed by atoms with Gasteiger partial charge in [-0.25, -0.2) is 0 Å². The molecule has 0 aromatic heterocycles. The summed E-state index contributed by atoms with van der Waals surface area (Å²) in [6, 6.07) is 13.6. The molecule has 0 N–H and O–H groups in total. The molecule has 0 bridgehead atoms. The summed E-state index contributed by atoms with van der Waals surface area (Å²) in [4.78, 5) is 26.7. The van der Waals surface area contributed by atoms with Gasteiger partial charge in [-0.1, -0.05) is 36.4 Å². The zero-order chi connectivity index (χ0) is 16.2. The highest BCUT2D eigenvalue weighted by molar-refractivity contribution is 6.07. The first-order valence-electron chi connectivity index (χ1n) is 8.14. The number of benzene rings is 2. The largest absolute Gasteiger partial charge is 0.466 e. The van der Waals surface area contributed by atoms with E-state index in [1.54, 1.807) is 11.8 Å². The van der Waals surface area contributed by atoms with Crippen LogP contribution in [0.5, 0.6) is 0 Å². The van der Waals surface area contributed by atoms with Crippen LogP contribution in [0.25, 0.3) is 10.8 Å². The number of carbonyl (C=O) groups is 2. The van der Waals surface area contributed by atoms with E-state index in [0.717, 1.165) is 23.6 Å². The van der Waals surface area contributed by atoms with Gasteiger partial charge in [0, 0.05) is 18.7 Å². The van der Waals surface area contributed by atoms with E-state index < -0.39 is 0 Å². The number of likely N-dealkylation sites (tertiary alicyclic amines) is 1. The van der Waals surface area contributed by atoms with Crippen LogP contribution in [0.15, 0.2) is 42.5 Å². The first-order chi connectivity index (χ1) is 11.2. The third kappa shape index (κ3) is 3.21. The molecule has 4 nitrogen and oxygen atoms in total. The van der Waals surface area contributed by atoms with E-state index in [1.807, 2.05) is 42.5 Å². The van der Waals surface area contributed by atoms with Crippen molar-refractivity contribution < 1.29 is 14.3 Å². The van der Waals surface area contributed by atoms with E-state index in [-0.39, 0.29) is 17.8 Å². The molecular formula is C19H21NO3. The predicted octanol–water partition coefficient (Wildman–Crippen LogP) is 3.26. The van der Waals surface area contributed by atoms with Gasteiger partial charge in [-0.3, -0.25) is 9.59 Å². The zero-order valence-electron chi connectivity index (χ0n) is 13.3. The minimum absolute atomic E-state index is 0.00389. The molecule has 1 aliphatic heterocycles. The summed E-state index contributed by atoms with van der Waals surface area (Å²) in [7, 11) is 0. The van der Waals surface area contributed by atoms with Crippen LogP contribution in [-0.4, -0.2) is 36.5 Å². The van der Waals surface area contributed by atoms with Crippen molar-refractivity contribution >= 4 is 22.6 Å². The summed E-state index contributed by atoms with van der Waals surface area (Å²) >= 11 is 0. The first-order valence-corrected chi connectivity index (χ1v) is 8.14. The molecule has 1 amide bonds. The molecule has 3 rings (SSSR count). The fraction of sp³-hybridized carbons (Fsp3) is 0.368. The van der Waals surface area contributed by atoms with Crippen LogP contribution in [0.2, 0.25) is 0 Å². The van der Waals surface area contributed by atoms with Gasteiger partial charge in [-0.15, -0.1) is 0 Å². The minimum atomic E-state index is -0.206. The molecule has 120 valence electrons. The molecule has 0 unspecified atom stereocenters. The van der Waals surface area contributed by atoms with Gasteiger partial charge in [0.25, 0.3) is 5.91 Å². The second-order valence-corrected chi connectivity index (χ2v) is 5.87. The van der Waals surface area contributed by atoms with Gasteiger partial charge in [-0.2, -0.15) is 0 Å². The molecule has 1 heterocycles. The van der Waals surface area contributed by atoms with Crippen molar-refractivity contribution in [1.82, 2.24) is 4.90 Å². The van der Waals surface area contributed by atoms with Crippen molar-refractivity contribution in [1.29, 1.82) is 0 Å².